The zero-order valence-electron chi connectivity index (χ0n) is 13.9. The lowest BCUT2D eigenvalue weighted by Crippen LogP contribution is -2.35. The van der Waals surface area contributed by atoms with E-state index in [0.29, 0.717) is 11.6 Å². The van der Waals surface area contributed by atoms with Gasteiger partial charge in [0.15, 0.2) is 5.13 Å². The predicted molar refractivity (Wildman–Crippen MR) is 97.8 cm³/mol. The smallest absolute Gasteiger partial charge is 0.222 e. The molecule has 128 valence electrons. The molecule has 0 saturated carbocycles. The van der Waals surface area contributed by atoms with Gasteiger partial charge in [0.25, 0.3) is 0 Å². The van der Waals surface area contributed by atoms with Crippen molar-refractivity contribution in [1.82, 2.24) is 14.8 Å². The van der Waals surface area contributed by atoms with E-state index in [1.807, 2.05) is 29.3 Å². The molecule has 1 fully saturated rings. The Morgan fingerprint density at radius 1 is 1.17 bits per heavy atom. The Balaban J connectivity index is 1.46. The van der Waals surface area contributed by atoms with E-state index in [0.717, 1.165) is 45.6 Å². The van der Waals surface area contributed by atoms with Gasteiger partial charge in [-0.25, -0.2) is 4.98 Å². The van der Waals surface area contributed by atoms with Gasteiger partial charge in [-0.05, 0) is 18.4 Å². The van der Waals surface area contributed by atoms with Crippen LogP contribution in [0.1, 0.15) is 23.3 Å². The van der Waals surface area contributed by atoms with Gasteiger partial charge in [0.05, 0.1) is 0 Å². The number of nitrogens with zero attached hydrogens (tertiary/aromatic N) is 3. The molecule has 1 aromatic heterocycles. The van der Waals surface area contributed by atoms with Gasteiger partial charge in [-0.2, -0.15) is 0 Å². The number of aryl methyl sites for hydroxylation is 1. The highest BCUT2D eigenvalue weighted by Crippen LogP contribution is 2.17. The molecule has 0 spiro atoms. The second kappa shape index (κ2) is 8.26. The number of anilines is 1. The molecule has 0 radical (unpaired) electrons. The first-order chi connectivity index (χ1) is 11.7. The van der Waals surface area contributed by atoms with Gasteiger partial charge in [-0.1, -0.05) is 30.3 Å². The third kappa shape index (κ3) is 4.79. The number of rotatable bonds is 5. The maximum atomic E-state index is 12.5. The molecule has 3 rings (SSSR count). The molecule has 2 aromatic rings. The molecular weight excluding hydrogens is 320 g/mol. The van der Waals surface area contributed by atoms with Crippen molar-refractivity contribution >= 4 is 22.4 Å². The minimum atomic E-state index is 0.266. The van der Waals surface area contributed by atoms with Crippen LogP contribution in [-0.4, -0.2) is 46.9 Å². The van der Waals surface area contributed by atoms with Crippen LogP contribution in [0.15, 0.2) is 36.5 Å². The summed E-state index contributed by atoms with van der Waals surface area (Å²) in [6, 6.07) is 10.2. The van der Waals surface area contributed by atoms with Crippen LogP contribution in [-0.2, 0) is 17.8 Å². The summed E-state index contributed by atoms with van der Waals surface area (Å²) < 4.78 is 0. The van der Waals surface area contributed by atoms with Crippen molar-refractivity contribution in [1.29, 1.82) is 0 Å². The van der Waals surface area contributed by atoms with Crippen LogP contribution in [0.3, 0.4) is 0 Å². The average Bonchev–Trinajstić information content (AvgIpc) is 2.86. The molecule has 0 bridgehead atoms. The minimum Gasteiger partial charge on any atom is -0.375 e. The quantitative estimate of drug-likeness (QED) is 0.905. The molecule has 1 aromatic carbocycles. The highest BCUT2D eigenvalue weighted by molar-refractivity contribution is 7.15. The predicted octanol–water partition coefficient (Wildman–Crippen LogP) is 2.39. The van der Waals surface area contributed by atoms with Gasteiger partial charge >= 0.3 is 0 Å². The topological polar surface area (TPSA) is 62.5 Å². The summed E-state index contributed by atoms with van der Waals surface area (Å²) in [7, 11) is 0. The Labute approximate surface area is 147 Å². The van der Waals surface area contributed by atoms with E-state index in [2.05, 4.69) is 22.0 Å². The van der Waals surface area contributed by atoms with Crippen molar-refractivity contribution in [2.45, 2.75) is 25.8 Å². The molecule has 0 atom stereocenters. The number of nitrogens with two attached hydrogens (primary N) is 1. The minimum absolute atomic E-state index is 0.266. The van der Waals surface area contributed by atoms with Crippen LogP contribution in [0.2, 0.25) is 0 Å². The maximum absolute atomic E-state index is 12.5. The number of thiazole rings is 1. The van der Waals surface area contributed by atoms with Gasteiger partial charge in [0.1, 0.15) is 0 Å². The van der Waals surface area contributed by atoms with E-state index in [1.54, 1.807) is 11.3 Å². The Morgan fingerprint density at radius 2 is 2.00 bits per heavy atom. The first-order valence-corrected chi connectivity index (χ1v) is 9.26. The second-order valence-corrected chi connectivity index (χ2v) is 7.31. The molecule has 1 aliphatic rings. The lowest BCUT2D eigenvalue weighted by atomic mass is 10.1. The fourth-order valence-electron chi connectivity index (χ4n) is 3.05. The number of aromatic nitrogens is 1. The van der Waals surface area contributed by atoms with Gasteiger partial charge in [-0.3, -0.25) is 9.69 Å². The first kappa shape index (κ1) is 16.9. The lowest BCUT2D eigenvalue weighted by Gasteiger charge is -2.21. The van der Waals surface area contributed by atoms with Crippen molar-refractivity contribution in [3.05, 3.63) is 47.0 Å². The number of benzene rings is 1. The van der Waals surface area contributed by atoms with E-state index in [9.17, 15) is 4.79 Å². The van der Waals surface area contributed by atoms with Crippen LogP contribution in [0.25, 0.3) is 0 Å². The molecule has 0 aliphatic carbocycles. The van der Waals surface area contributed by atoms with Crippen LogP contribution in [0, 0.1) is 0 Å². The highest BCUT2D eigenvalue weighted by atomic mass is 32.1. The summed E-state index contributed by atoms with van der Waals surface area (Å²) in [6.07, 6.45) is 4.29. The molecule has 6 heteroatoms. The molecule has 0 unspecified atom stereocenters. The Kier molecular flexibility index (Phi) is 5.82. The summed E-state index contributed by atoms with van der Waals surface area (Å²) >= 11 is 1.55. The first-order valence-electron chi connectivity index (χ1n) is 8.45. The van der Waals surface area contributed by atoms with E-state index in [-0.39, 0.29) is 5.91 Å². The van der Waals surface area contributed by atoms with Crippen LogP contribution in [0.4, 0.5) is 5.13 Å². The fraction of sp³-hybridized carbons (Fsp3) is 0.444. The zero-order chi connectivity index (χ0) is 16.8. The van der Waals surface area contributed by atoms with Crippen molar-refractivity contribution in [3.8, 4) is 0 Å². The number of carbonyl (C=O) groups is 1. The van der Waals surface area contributed by atoms with Gasteiger partial charge in [0, 0.05) is 50.2 Å². The fourth-order valence-corrected chi connectivity index (χ4v) is 3.78. The van der Waals surface area contributed by atoms with Crippen molar-refractivity contribution < 1.29 is 4.79 Å². The van der Waals surface area contributed by atoms with E-state index in [4.69, 9.17) is 5.73 Å². The summed E-state index contributed by atoms with van der Waals surface area (Å²) in [4.78, 5) is 22.2. The van der Waals surface area contributed by atoms with E-state index < -0.39 is 0 Å². The van der Waals surface area contributed by atoms with Gasteiger partial charge in [-0.15, -0.1) is 11.3 Å². The SMILES string of the molecule is Nc1ncc(CN2CCCN(C(=O)CCc3ccccc3)CC2)s1. The molecule has 2 N–H and O–H groups in total. The normalized spacial score (nSPS) is 16.1. The second-order valence-electron chi connectivity index (χ2n) is 6.16. The zero-order valence-corrected chi connectivity index (χ0v) is 14.7. The van der Waals surface area contributed by atoms with Crippen molar-refractivity contribution in [2.24, 2.45) is 0 Å². The Bertz CT molecular complexity index is 658. The van der Waals surface area contributed by atoms with Crippen molar-refractivity contribution in [2.75, 3.05) is 31.9 Å². The standard InChI is InChI=1S/C18H24N4OS/c19-18-20-13-16(24-18)14-21-9-4-10-22(12-11-21)17(23)8-7-15-5-2-1-3-6-15/h1-3,5-6,13H,4,7-12,14H2,(H2,19,20). The molecule has 5 nitrogen and oxygen atoms in total. The Hall–Kier alpha value is -1.92. The molecule has 1 aliphatic heterocycles. The van der Waals surface area contributed by atoms with Gasteiger partial charge < -0.3 is 10.6 Å². The number of hydrogen-bond acceptors (Lipinski definition) is 5. The molecule has 2 heterocycles. The third-order valence-electron chi connectivity index (χ3n) is 4.36. The monoisotopic (exact) mass is 344 g/mol. The molecular formula is C18H24N4OS. The molecule has 1 amide bonds. The Morgan fingerprint density at radius 3 is 2.75 bits per heavy atom. The summed E-state index contributed by atoms with van der Waals surface area (Å²) in [6.45, 7) is 4.47. The van der Waals surface area contributed by atoms with Crippen LogP contribution < -0.4 is 5.73 Å². The van der Waals surface area contributed by atoms with Gasteiger partial charge in [0.2, 0.25) is 5.91 Å². The summed E-state index contributed by atoms with van der Waals surface area (Å²) in [5.41, 5.74) is 6.92. The lowest BCUT2D eigenvalue weighted by molar-refractivity contribution is -0.131. The number of amides is 1. The summed E-state index contributed by atoms with van der Waals surface area (Å²) in [5.74, 6) is 0.266. The van der Waals surface area contributed by atoms with E-state index >= 15 is 0 Å². The number of nitrogen functional groups attached to an aromatic ring is 1. The summed E-state index contributed by atoms with van der Waals surface area (Å²) in [5, 5.41) is 0.623. The van der Waals surface area contributed by atoms with Crippen LogP contribution >= 0.6 is 11.3 Å². The largest absolute Gasteiger partial charge is 0.375 e. The maximum Gasteiger partial charge on any atom is 0.222 e. The number of carbonyl (C=O) groups excluding carboxylic acids is 1. The molecule has 24 heavy (non-hydrogen) atoms. The highest BCUT2D eigenvalue weighted by Gasteiger charge is 2.19. The van der Waals surface area contributed by atoms with E-state index in [1.165, 1.54) is 10.4 Å². The average molecular weight is 344 g/mol. The number of hydrogen-bond donors (Lipinski definition) is 1. The molecule has 1 saturated heterocycles. The van der Waals surface area contributed by atoms with Crippen LogP contribution in [0.5, 0.6) is 0 Å². The van der Waals surface area contributed by atoms with Crippen molar-refractivity contribution in [3.63, 3.8) is 0 Å². The third-order valence-corrected chi connectivity index (χ3v) is 5.17.